The van der Waals surface area contributed by atoms with Gasteiger partial charge in [-0.1, -0.05) is 19.1 Å². The Hall–Kier alpha value is -2.03. The molecule has 2 aromatic rings. The molecule has 0 atom stereocenters. The van der Waals surface area contributed by atoms with Gasteiger partial charge >= 0.3 is 0 Å². The van der Waals surface area contributed by atoms with Gasteiger partial charge in [-0.2, -0.15) is 0 Å². The van der Waals surface area contributed by atoms with Gasteiger partial charge in [0, 0.05) is 5.69 Å². The minimum absolute atomic E-state index is 0.315. The second-order valence-electron chi connectivity index (χ2n) is 4.18. The lowest BCUT2D eigenvalue weighted by Gasteiger charge is -2.08. The summed E-state index contributed by atoms with van der Waals surface area (Å²) in [5.41, 5.74) is 7.94. The summed E-state index contributed by atoms with van der Waals surface area (Å²) in [6.07, 6.45) is 0.962. The number of ether oxygens (including phenoxy) is 1. The summed E-state index contributed by atoms with van der Waals surface area (Å²) >= 11 is 0. The van der Waals surface area contributed by atoms with E-state index >= 15 is 0 Å². The van der Waals surface area contributed by atoms with Crippen LogP contribution in [0.15, 0.2) is 42.5 Å². The average Bonchev–Trinajstić information content (AvgIpc) is 2.35. The second-order valence-corrected chi connectivity index (χ2v) is 4.18. The van der Waals surface area contributed by atoms with E-state index in [4.69, 9.17) is 10.5 Å². The molecular formula is C15H16FNO. The van der Waals surface area contributed by atoms with Crippen molar-refractivity contribution in [2.45, 2.75) is 20.0 Å². The number of aryl methyl sites for hydroxylation is 1. The Labute approximate surface area is 106 Å². The summed E-state index contributed by atoms with van der Waals surface area (Å²) in [4.78, 5) is 0. The highest BCUT2D eigenvalue weighted by molar-refractivity contribution is 5.41. The fraction of sp³-hybridized carbons (Fsp3) is 0.200. The van der Waals surface area contributed by atoms with E-state index in [1.807, 2.05) is 24.3 Å². The minimum Gasteiger partial charge on any atom is -0.489 e. The predicted molar refractivity (Wildman–Crippen MR) is 71.0 cm³/mol. The van der Waals surface area contributed by atoms with Crippen LogP contribution in [0.1, 0.15) is 18.1 Å². The van der Waals surface area contributed by atoms with Crippen LogP contribution in [0.2, 0.25) is 0 Å². The Morgan fingerprint density at radius 2 is 1.94 bits per heavy atom. The molecule has 0 saturated heterocycles. The highest BCUT2D eigenvalue weighted by Gasteiger charge is 2.01. The molecule has 2 aromatic carbocycles. The van der Waals surface area contributed by atoms with E-state index in [0.29, 0.717) is 12.3 Å². The number of nitrogens with two attached hydrogens (primary N) is 1. The summed E-state index contributed by atoms with van der Waals surface area (Å²) in [5.74, 6) is 0.452. The smallest absolute Gasteiger partial charge is 0.125 e. The number of nitrogen functional groups attached to an aromatic ring is 1. The number of hydrogen-bond acceptors (Lipinski definition) is 2. The monoisotopic (exact) mass is 245 g/mol. The van der Waals surface area contributed by atoms with E-state index in [9.17, 15) is 4.39 Å². The molecule has 0 aliphatic heterocycles. The van der Waals surface area contributed by atoms with Crippen LogP contribution in [0, 0.1) is 5.82 Å². The van der Waals surface area contributed by atoms with Gasteiger partial charge in [-0.15, -0.1) is 0 Å². The molecule has 0 spiro atoms. The van der Waals surface area contributed by atoms with Gasteiger partial charge in [-0.3, -0.25) is 0 Å². The van der Waals surface area contributed by atoms with Gasteiger partial charge in [0.2, 0.25) is 0 Å². The summed E-state index contributed by atoms with van der Waals surface area (Å²) in [7, 11) is 0. The molecule has 2 nitrogen and oxygen atoms in total. The molecular weight excluding hydrogens is 229 g/mol. The molecule has 2 N–H and O–H groups in total. The normalized spacial score (nSPS) is 10.3. The first kappa shape index (κ1) is 12.4. The largest absolute Gasteiger partial charge is 0.489 e. The van der Waals surface area contributed by atoms with E-state index in [2.05, 4.69) is 6.92 Å². The first-order chi connectivity index (χ1) is 8.67. The Bertz CT molecular complexity index is 520. The summed E-state index contributed by atoms with van der Waals surface area (Å²) in [5, 5.41) is 0. The molecule has 18 heavy (non-hydrogen) atoms. The predicted octanol–water partition coefficient (Wildman–Crippen LogP) is 3.55. The molecule has 0 aliphatic carbocycles. The van der Waals surface area contributed by atoms with Crippen LogP contribution in [0.5, 0.6) is 5.75 Å². The Kier molecular flexibility index (Phi) is 3.82. The standard InChI is InChI=1S/C15H16FNO/c1-2-11-4-3-5-15(8-11)18-10-12-6-13(16)9-14(17)7-12/h3-9H,2,10,17H2,1H3. The molecule has 0 amide bonds. The highest BCUT2D eigenvalue weighted by Crippen LogP contribution is 2.17. The maximum atomic E-state index is 13.1. The van der Waals surface area contributed by atoms with Crippen molar-refractivity contribution < 1.29 is 9.13 Å². The molecule has 0 heterocycles. The van der Waals surface area contributed by atoms with Crippen molar-refractivity contribution in [3.05, 3.63) is 59.4 Å². The lowest BCUT2D eigenvalue weighted by molar-refractivity contribution is 0.305. The maximum absolute atomic E-state index is 13.1. The van der Waals surface area contributed by atoms with E-state index in [-0.39, 0.29) is 5.82 Å². The molecule has 2 rings (SSSR count). The minimum atomic E-state index is -0.337. The molecule has 94 valence electrons. The number of rotatable bonds is 4. The Morgan fingerprint density at radius 1 is 1.11 bits per heavy atom. The van der Waals surface area contributed by atoms with Crippen molar-refractivity contribution in [1.29, 1.82) is 0 Å². The zero-order chi connectivity index (χ0) is 13.0. The van der Waals surface area contributed by atoms with E-state index in [1.54, 1.807) is 6.07 Å². The highest BCUT2D eigenvalue weighted by atomic mass is 19.1. The lowest BCUT2D eigenvalue weighted by atomic mass is 10.1. The molecule has 3 heteroatoms. The lowest BCUT2D eigenvalue weighted by Crippen LogP contribution is -1.98. The second kappa shape index (κ2) is 5.54. The van der Waals surface area contributed by atoms with E-state index in [0.717, 1.165) is 17.7 Å². The van der Waals surface area contributed by atoms with Crippen molar-refractivity contribution in [2.24, 2.45) is 0 Å². The topological polar surface area (TPSA) is 35.2 Å². The summed E-state index contributed by atoms with van der Waals surface area (Å²) in [6.45, 7) is 2.40. The van der Waals surface area contributed by atoms with Gasteiger partial charge in [-0.25, -0.2) is 4.39 Å². The van der Waals surface area contributed by atoms with Crippen molar-refractivity contribution in [1.82, 2.24) is 0 Å². The van der Waals surface area contributed by atoms with Crippen LogP contribution in [0.4, 0.5) is 10.1 Å². The molecule has 0 aromatic heterocycles. The molecule has 0 bridgehead atoms. The molecule has 0 fully saturated rings. The van der Waals surface area contributed by atoms with Gasteiger partial charge in [0.1, 0.15) is 18.2 Å². The molecule has 0 radical (unpaired) electrons. The van der Waals surface area contributed by atoms with Crippen molar-refractivity contribution in [3.63, 3.8) is 0 Å². The van der Waals surface area contributed by atoms with Gasteiger partial charge in [0.05, 0.1) is 0 Å². The van der Waals surface area contributed by atoms with Gasteiger partial charge in [-0.05, 0) is 47.9 Å². The number of hydrogen-bond donors (Lipinski definition) is 1. The third-order valence-electron chi connectivity index (χ3n) is 2.69. The first-order valence-electron chi connectivity index (χ1n) is 5.94. The van der Waals surface area contributed by atoms with Gasteiger partial charge in [0.15, 0.2) is 0 Å². The van der Waals surface area contributed by atoms with Gasteiger partial charge < -0.3 is 10.5 Å². The van der Waals surface area contributed by atoms with Crippen LogP contribution in [-0.4, -0.2) is 0 Å². The summed E-state index contributed by atoms with van der Waals surface area (Å²) < 4.78 is 18.8. The van der Waals surface area contributed by atoms with Crippen molar-refractivity contribution in [2.75, 3.05) is 5.73 Å². The fourth-order valence-electron chi connectivity index (χ4n) is 1.78. The quantitative estimate of drug-likeness (QED) is 0.836. The Balaban J connectivity index is 2.06. The Morgan fingerprint density at radius 3 is 2.67 bits per heavy atom. The first-order valence-corrected chi connectivity index (χ1v) is 5.94. The van der Waals surface area contributed by atoms with E-state index < -0.39 is 0 Å². The maximum Gasteiger partial charge on any atom is 0.125 e. The van der Waals surface area contributed by atoms with E-state index in [1.165, 1.54) is 17.7 Å². The van der Waals surface area contributed by atoms with Crippen molar-refractivity contribution in [3.8, 4) is 5.75 Å². The zero-order valence-corrected chi connectivity index (χ0v) is 10.3. The molecule has 0 saturated carbocycles. The average molecular weight is 245 g/mol. The van der Waals surface area contributed by atoms with Crippen molar-refractivity contribution >= 4 is 5.69 Å². The summed E-state index contributed by atoms with van der Waals surface area (Å²) in [6, 6.07) is 12.3. The third kappa shape index (κ3) is 3.23. The number of anilines is 1. The molecule has 0 unspecified atom stereocenters. The SMILES string of the molecule is CCc1cccc(OCc2cc(N)cc(F)c2)c1. The van der Waals surface area contributed by atoms with Crippen LogP contribution >= 0.6 is 0 Å². The van der Waals surface area contributed by atoms with Crippen LogP contribution < -0.4 is 10.5 Å². The van der Waals surface area contributed by atoms with Crippen LogP contribution in [0.25, 0.3) is 0 Å². The third-order valence-corrected chi connectivity index (χ3v) is 2.69. The fourth-order valence-corrected chi connectivity index (χ4v) is 1.78. The van der Waals surface area contributed by atoms with Crippen LogP contribution in [0.3, 0.4) is 0 Å². The number of halogens is 1. The zero-order valence-electron chi connectivity index (χ0n) is 10.3. The molecule has 0 aliphatic rings. The van der Waals surface area contributed by atoms with Gasteiger partial charge in [0.25, 0.3) is 0 Å². The number of benzene rings is 2. The van der Waals surface area contributed by atoms with Crippen LogP contribution in [-0.2, 0) is 13.0 Å².